The Morgan fingerprint density at radius 1 is 1.10 bits per heavy atom. The number of hydrogen-bond donors (Lipinski definition) is 1. The summed E-state index contributed by atoms with van der Waals surface area (Å²) >= 11 is 1.43. The molecule has 2 atom stereocenters. The molecule has 1 aliphatic heterocycles. The van der Waals surface area contributed by atoms with Crippen LogP contribution >= 0.6 is 11.8 Å². The molecule has 0 spiro atoms. The van der Waals surface area contributed by atoms with Crippen LogP contribution in [0.4, 0.5) is 11.5 Å². The quantitative estimate of drug-likeness (QED) is 0.590. The predicted octanol–water partition coefficient (Wildman–Crippen LogP) is 4.59. The molecule has 1 amide bonds. The van der Waals surface area contributed by atoms with Gasteiger partial charge in [0.15, 0.2) is 5.82 Å². The highest BCUT2D eigenvalue weighted by atomic mass is 32.2. The van der Waals surface area contributed by atoms with Gasteiger partial charge in [-0.25, -0.2) is 9.97 Å². The molecule has 4 rings (SSSR count). The highest BCUT2D eigenvalue weighted by molar-refractivity contribution is 8.00. The van der Waals surface area contributed by atoms with Gasteiger partial charge in [-0.3, -0.25) is 4.79 Å². The Bertz CT molecular complexity index is 1090. The molecule has 162 valence electrons. The Labute approximate surface area is 187 Å². The second-order valence-electron chi connectivity index (χ2n) is 8.16. The van der Waals surface area contributed by atoms with E-state index in [4.69, 9.17) is 14.7 Å². The summed E-state index contributed by atoms with van der Waals surface area (Å²) in [6.45, 7) is 9.69. The summed E-state index contributed by atoms with van der Waals surface area (Å²) in [5.74, 6) is 1.04. The van der Waals surface area contributed by atoms with E-state index in [2.05, 4.69) is 30.1 Å². The third kappa shape index (κ3) is 5.17. The minimum Gasteiger partial charge on any atom is -0.372 e. The van der Waals surface area contributed by atoms with Gasteiger partial charge in [-0.2, -0.15) is 0 Å². The standard InChI is InChI=1S/C24H28N4O2S/c1-15-9-10-19(16(2)11-15)25-22(29)14-31-24-23(28-12-17(3)30-18(4)13-28)26-20-7-5-6-8-21(20)27-24/h5-11,17-18H,12-14H2,1-4H3,(H,25,29)/t17-,18-/m0/s1. The number of aryl methyl sites for hydroxylation is 2. The number of amides is 1. The number of nitrogens with zero attached hydrogens (tertiary/aromatic N) is 3. The van der Waals surface area contributed by atoms with Gasteiger partial charge < -0.3 is 15.0 Å². The maximum Gasteiger partial charge on any atom is 0.234 e. The van der Waals surface area contributed by atoms with Gasteiger partial charge in [0.1, 0.15) is 5.03 Å². The molecule has 0 unspecified atom stereocenters. The number of ether oxygens (including phenoxy) is 1. The molecule has 0 bridgehead atoms. The highest BCUT2D eigenvalue weighted by Gasteiger charge is 2.26. The minimum atomic E-state index is -0.0541. The van der Waals surface area contributed by atoms with Gasteiger partial charge >= 0.3 is 0 Å². The summed E-state index contributed by atoms with van der Waals surface area (Å²) in [5.41, 5.74) is 4.76. The molecule has 0 aliphatic carbocycles. The second-order valence-corrected chi connectivity index (χ2v) is 9.12. The third-order valence-electron chi connectivity index (χ3n) is 5.24. The summed E-state index contributed by atoms with van der Waals surface area (Å²) in [5, 5.41) is 3.79. The normalized spacial score (nSPS) is 18.9. The van der Waals surface area contributed by atoms with E-state index in [-0.39, 0.29) is 23.9 Å². The fraction of sp³-hybridized carbons (Fsp3) is 0.375. The maximum atomic E-state index is 12.7. The molecule has 2 heterocycles. The summed E-state index contributed by atoms with van der Waals surface area (Å²) in [6.07, 6.45) is 0.227. The summed E-state index contributed by atoms with van der Waals surface area (Å²) in [7, 11) is 0. The SMILES string of the molecule is Cc1ccc(NC(=O)CSc2nc3ccccc3nc2N2C[C@H](C)O[C@@H](C)C2)c(C)c1. The van der Waals surface area contributed by atoms with E-state index in [1.807, 2.05) is 50.2 Å². The largest absolute Gasteiger partial charge is 0.372 e. The molecule has 1 N–H and O–H groups in total. The van der Waals surface area contributed by atoms with Crippen LogP contribution in [0.3, 0.4) is 0 Å². The molecule has 1 aliphatic rings. The number of rotatable bonds is 5. The molecule has 1 saturated heterocycles. The average Bonchev–Trinajstić information content (AvgIpc) is 2.73. The number of para-hydroxylation sites is 2. The van der Waals surface area contributed by atoms with Crippen LogP contribution in [0.15, 0.2) is 47.5 Å². The Hall–Kier alpha value is -2.64. The topological polar surface area (TPSA) is 67.4 Å². The first kappa shape index (κ1) is 21.6. The first-order valence-electron chi connectivity index (χ1n) is 10.6. The molecular formula is C24H28N4O2S. The molecule has 1 fully saturated rings. The Kier molecular flexibility index (Phi) is 6.43. The Balaban J connectivity index is 1.56. The summed E-state index contributed by atoms with van der Waals surface area (Å²) < 4.78 is 5.89. The van der Waals surface area contributed by atoms with E-state index in [0.29, 0.717) is 0 Å². The lowest BCUT2D eigenvalue weighted by atomic mass is 10.1. The van der Waals surface area contributed by atoms with Crippen LogP contribution in [0.1, 0.15) is 25.0 Å². The van der Waals surface area contributed by atoms with Gasteiger partial charge in [0.2, 0.25) is 5.91 Å². The molecule has 31 heavy (non-hydrogen) atoms. The van der Waals surface area contributed by atoms with Crippen molar-refractivity contribution >= 4 is 40.2 Å². The number of anilines is 2. The van der Waals surface area contributed by atoms with Crippen LogP contribution in [-0.2, 0) is 9.53 Å². The van der Waals surface area contributed by atoms with Gasteiger partial charge in [0.05, 0.1) is 29.0 Å². The van der Waals surface area contributed by atoms with Gasteiger partial charge in [-0.1, -0.05) is 41.6 Å². The first-order valence-corrected chi connectivity index (χ1v) is 11.5. The van der Waals surface area contributed by atoms with Crippen LogP contribution in [0, 0.1) is 13.8 Å². The Morgan fingerprint density at radius 2 is 1.77 bits per heavy atom. The monoisotopic (exact) mass is 436 g/mol. The summed E-state index contributed by atoms with van der Waals surface area (Å²) in [4.78, 5) is 24.6. The van der Waals surface area contributed by atoms with Crippen LogP contribution in [0.2, 0.25) is 0 Å². The molecule has 0 radical (unpaired) electrons. The van der Waals surface area contributed by atoms with Crippen molar-refractivity contribution in [2.45, 2.75) is 44.9 Å². The van der Waals surface area contributed by atoms with Crippen LogP contribution in [0.5, 0.6) is 0 Å². The zero-order valence-electron chi connectivity index (χ0n) is 18.4. The molecule has 0 saturated carbocycles. The molecular weight excluding hydrogens is 408 g/mol. The van der Waals surface area contributed by atoms with Crippen molar-refractivity contribution in [2.75, 3.05) is 29.1 Å². The number of hydrogen-bond acceptors (Lipinski definition) is 6. The second kappa shape index (κ2) is 9.24. The van der Waals surface area contributed by atoms with Crippen LogP contribution in [0.25, 0.3) is 11.0 Å². The number of benzene rings is 2. The van der Waals surface area contributed by atoms with E-state index in [0.717, 1.165) is 46.2 Å². The van der Waals surface area contributed by atoms with E-state index >= 15 is 0 Å². The smallest absolute Gasteiger partial charge is 0.234 e. The van der Waals surface area contributed by atoms with Crippen LogP contribution < -0.4 is 10.2 Å². The first-order chi connectivity index (χ1) is 14.9. The molecule has 1 aromatic heterocycles. The number of fused-ring (bicyclic) bond motifs is 1. The van der Waals surface area contributed by atoms with Gasteiger partial charge in [-0.15, -0.1) is 0 Å². The van der Waals surface area contributed by atoms with E-state index in [1.54, 1.807) is 0 Å². The van der Waals surface area contributed by atoms with Crippen molar-refractivity contribution in [3.8, 4) is 0 Å². The zero-order chi connectivity index (χ0) is 22.0. The highest BCUT2D eigenvalue weighted by Crippen LogP contribution is 2.31. The number of nitrogens with one attached hydrogen (secondary N) is 1. The van der Waals surface area contributed by atoms with Crippen LogP contribution in [-0.4, -0.2) is 46.9 Å². The van der Waals surface area contributed by atoms with Crippen molar-refractivity contribution in [3.05, 3.63) is 53.6 Å². The van der Waals surface area contributed by atoms with Gasteiger partial charge in [-0.05, 0) is 51.5 Å². The van der Waals surface area contributed by atoms with Crippen molar-refractivity contribution in [1.82, 2.24) is 9.97 Å². The van der Waals surface area contributed by atoms with Crippen molar-refractivity contribution < 1.29 is 9.53 Å². The number of carbonyl (C=O) groups excluding carboxylic acids is 1. The van der Waals surface area contributed by atoms with Crippen molar-refractivity contribution in [1.29, 1.82) is 0 Å². The lowest BCUT2D eigenvalue weighted by molar-refractivity contribution is -0.113. The lowest BCUT2D eigenvalue weighted by Crippen LogP contribution is -2.46. The summed E-state index contributed by atoms with van der Waals surface area (Å²) in [6, 6.07) is 13.9. The number of morpholine rings is 1. The minimum absolute atomic E-state index is 0.0541. The molecule has 3 aromatic rings. The fourth-order valence-corrected chi connectivity index (χ4v) is 4.71. The predicted molar refractivity (Wildman–Crippen MR) is 127 cm³/mol. The van der Waals surface area contributed by atoms with Gasteiger partial charge in [0, 0.05) is 18.8 Å². The Morgan fingerprint density at radius 3 is 2.45 bits per heavy atom. The van der Waals surface area contributed by atoms with Crippen molar-refractivity contribution in [2.24, 2.45) is 0 Å². The van der Waals surface area contributed by atoms with E-state index in [9.17, 15) is 4.79 Å². The average molecular weight is 437 g/mol. The maximum absolute atomic E-state index is 12.7. The number of carbonyl (C=O) groups is 1. The number of thioether (sulfide) groups is 1. The third-order valence-corrected chi connectivity index (χ3v) is 6.19. The molecule has 2 aromatic carbocycles. The number of aromatic nitrogens is 2. The molecule has 7 heteroatoms. The van der Waals surface area contributed by atoms with Gasteiger partial charge in [0.25, 0.3) is 0 Å². The lowest BCUT2D eigenvalue weighted by Gasteiger charge is -2.36. The zero-order valence-corrected chi connectivity index (χ0v) is 19.2. The van der Waals surface area contributed by atoms with E-state index < -0.39 is 0 Å². The van der Waals surface area contributed by atoms with Crippen molar-refractivity contribution in [3.63, 3.8) is 0 Å². The molecule has 6 nitrogen and oxygen atoms in total. The fourth-order valence-electron chi connectivity index (χ4n) is 3.90. The van der Waals surface area contributed by atoms with E-state index in [1.165, 1.54) is 17.3 Å².